The average Bonchev–Trinajstić information content (AvgIpc) is 2.28. The van der Waals surface area contributed by atoms with Gasteiger partial charge in [-0.2, -0.15) is 0 Å². The molecule has 2 N–H and O–H groups in total. The van der Waals surface area contributed by atoms with Crippen molar-refractivity contribution >= 4 is 0 Å². The number of halogens is 1. The molecular formula is C10H14FNO3. The molecule has 0 aliphatic carbocycles. The first-order valence-electron chi connectivity index (χ1n) is 4.37. The van der Waals surface area contributed by atoms with Gasteiger partial charge in [0.1, 0.15) is 0 Å². The summed E-state index contributed by atoms with van der Waals surface area (Å²) in [7, 11) is 4.28. The molecule has 0 aliphatic rings. The number of ether oxygens (including phenoxy) is 3. The van der Waals surface area contributed by atoms with Gasteiger partial charge in [-0.25, -0.2) is 4.39 Å². The average molecular weight is 215 g/mol. The van der Waals surface area contributed by atoms with Crippen LogP contribution in [-0.4, -0.2) is 21.3 Å². The number of nitrogens with two attached hydrogens (primary N) is 1. The zero-order chi connectivity index (χ0) is 11.4. The van der Waals surface area contributed by atoms with E-state index >= 15 is 0 Å². The van der Waals surface area contributed by atoms with Gasteiger partial charge < -0.3 is 19.9 Å². The lowest BCUT2D eigenvalue weighted by Gasteiger charge is -2.14. The second kappa shape index (κ2) is 4.84. The summed E-state index contributed by atoms with van der Waals surface area (Å²) in [6.07, 6.45) is 0. The fourth-order valence-corrected chi connectivity index (χ4v) is 1.35. The summed E-state index contributed by atoms with van der Waals surface area (Å²) < 4.78 is 28.6. The molecule has 4 nitrogen and oxygen atoms in total. The van der Waals surface area contributed by atoms with E-state index in [1.807, 2.05) is 0 Å². The standard InChI is InChI=1S/C10H14FNO3/c1-13-7-4-8(14-2)10(15-3)6(5-12)9(7)11/h4H,5,12H2,1-3H3. The highest BCUT2D eigenvalue weighted by atomic mass is 19.1. The van der Waals surface area contributed by atoms with Crippen molar-refractivity contribution in [1.29, 1.82) is 0 Å². The molecule has 1 aromatic carbocycles. The van der Waals surface area contributed by atoms with Crippen LogP contribution in [0, 0.1) is 5.82 Å². The molecule has 0 heterocycles. The molecule has 15 heavy (non-hydrogen) atoms. The lowest BCUT2D eigenvalue weighted by molar-refractivity contribution is 0.334. The summed E-state index contributed by atoms with van der Waals surface area (Å²) in [6, 6.07) is 1.42. The predicted octanol–water partition coefficient (Wildman–Crippen LogP) is 1.31. The Balaban J connectivity index is 3.43. The van der Waals surface area contributed by atoms with Crippen LogP contribution in [0.1, 0.15) is 5.56 Å². The van der Waals surface area contributed by atoms with Crippen molar-refractivity contribution < 1.29 is 18.6 Å². The zero-order valence-corrected chi connectivity index (χ0v) is 8.96. The van der Waals surface area contributed by atoms with Crippen LogP contribution in [0.5, 0.6) is 17.2 Å². The second-order valence-electron chi connectivity index (χ2n) is 2.81. The molecule has 0 aromatic heterocycles. The van der Waals surface area contributed by atoms with Crippen molar-refractivity contribution in [2.24, 2.45) is 5.73 Å². The van der Waals surface area contributed by atoms with Crippen LogP contribution < -0.4 is 19.9 Å². The third-order valence-corrected chi connectivity index (χ3v) is 2.09. The largest absolute Gasteiger partial charge is 0.494 e. The third-order valence-electron chi connectivity index (χ3n) is 2.09. The Labute approximate surface area is 87.7 Å². The minimum Gasteiger partial charge on any atom is -0.494 e. The Morgan fingerprint density at radius 2 is 1.73 bits per heavy atom. The van der Waals surface area contributed by atoms with E-state index in [4.69, 9.17) is 19.9 Å². The van der Waals surface area contributed by atoms with Gasteiger partial charge in [0.2, 0.25) is 0 Å². The van der Waals surface area contributed by atoms with Gasteiger partial charge in [-0.1, -0.05) is 0 Å². The van der Waals surface area contributed by atoms with Crippen LogP contribution >= 0.6 is 0 Å². The van der Waals surface area contributed by atoms with E-state index in [2.05, 4.69) is 0 Å². The van der Waals surface area contributed by atoms with E-state index in [0.29, 0.717) is 11.5 Å². The lowest BCUT2D eigenvalue weighted by atomic mass is 10.1. The highest BCUT2D eigenvalue weighted by molar-refractivity contribution is 5.52. The van der Waals surface area contributed by atoms with Crippen molar-refractivity contribution in [3.8, 4) is 17.2 Å². The van der Waals surface area contributed by atoms with Crippen LogP contribution in [0.25, 0.3) is 0 Å². The van der Waals surface area contributed by atoms with Crippen molar-refractivity contribution in [2.75, 3.05) is 21.3 Å². The topological polar surface area (TPSA) is 53.7 Å². The van der Waals surface area contributed by atoms with Gasteiger partial charge >= 0.3 is 0 Å². The first-order chi connectivity index (χ1) is 7.19. The molecule has 0 aliphatic heterocycles. The Morgan fingerprint density at radius 1 is 1.13 bits per heavy atom. The Bertz CT molecular complexity index is 355. The minimum atomic E-state index is -0.516. The molecular weight excluding hydrogens is 201 g/mol. The van der Waals surface area contributed by atoms with Gasteiger partial charge in [-0.05, 0) is 0 Å². The fraction of sp³-hybridized carbons (Fsp3) is 0.400. The van der Waals surface area contributed by atoms with Gasteiger partial charge in [-0.3, -0.25) is 0 Å². The summed E-state index contributed by atoms with van der Waals surface area (Å²) in [6.45, 7) is 0.0164. The summed E-state index contributed by atoms with van der Waals surface area (Å²) in [4.78, 5) is 0. The Hall–Kier alpha value is -1.49. The fourth-order valence-electron chi connectivity index (χ4n) is 1.35. The second-order valence-corrected chi connectivity index (χ2v) is 2.81. The van der Waals surface area contributed by atoms with Gasteiger partial charge in [0, 0.05) is 12.6 Å². The van der Waals surface area contributed by atoms with E-state index in [1.165, 1.54) is 27.4 Å². The number of methoxy groups -OCH3 is 3. The highest BCUT2D eigenvalue weighted by Crippen LogP contribution is 2.38. The molecule has 0 saturated carbocycles. The van der Waals surface area contributed by atoms with Gasteiger partial charge in [0.15, 0.2) is 23.1 Å². The first kappa shape index (κ1) is 11.6. The molecule has 0 atom stereocenters. The van der Waals surface area contributed by atoms with Crippen molar-refractivity contribution in [3.63, 3.8) is 0 Å². The summed E-state index contributed by atoms with van der Waals surface area (Å²) in [5.74, 6) is 0.278. The molecule has 0 bridgehead atoms. The Kier molecular flexibility index (Phi) is 3.74. The quantitative estimate of drug-likeness (QED) is 0.822. The third kappa shape index (κ3) is 1.97. The van der Waals surface area contributed by atoms with Crippen LogP contribution in [0.15, 0.2) is 6.07 Å². The van der Waals surface area contributed by atoms with Crippen LogP contribution in [0.4, 0.5) is 4.39 Å². The summed E-state index contributed by atoms with van der Waals surface area (Å²) in [5, 5.41) is 0. The predicted molar refractivity (Wildman–Crippen MR) is 53.9 cm³/mol. The normalized spacial score (nSPS) is 9.93. The van der Waals surface area contributed by atoms with E-state index in [-0.39, 0.29) is 17.9 Å². The van der Waals surface area contributed by atoms with Gasteiger partial charge in [0.05, 0.1) is 26.9 Å². The van der Waals surface area contributed by atoms with Gasteiger partial charge in [-0.15, -0.1) is 0 Å². The van der Waals surface area contributed by atoms with Crippen LogP contribution in [0.2, 0.25) is 0 Å². The molecule has 0 spiro atoms. The molecule has 0 amide bonds. The van der Waals surface area contributed by atoms with E-state index < -0.39 is 5.82 Å². The van der Waals surface area contributed by atoms with E-state index in [9.17, 15) is 4.39 Å². The van der Waals surface area contributed by atoms with E-state index in [1.54, 1.807) is 0 Å². The van der Waals surface area contributed by atoms with Crippen LogP contribution in [0.3, 0.4) is 0 Å². The molecule has 0 saturated heterocycles. The van der Waals surface area contributed by atoms with Crippen molar-refractivity contribution in [1.82, 2.24) is 0 Å². The molecule has 0 fully saturated rings. The summed E-state index contributed by atoms with van der Waals surface area (Å²) >= 11 is 0. The lowest BCUT2D eigenvalue weighted by Crippen LogP contribution is -2.06. The minimum absolute atomic E-state index is 0.0164. The maximum absolute atomic E-state index is 13.7. The molecule has 0 unspecified atom stereocenters. The van der Waals surface area contributed by atoms with Crippen molar-refractivity contribution in [2.45, 2.75) is 6.54 Å². The highest BCUT2D eigenvalue weighted by Gasteiger charge is 2.18. The smallest absolute Gasteiger partial charge is 0.173 e. The van der Waals surface area contributed by atoms with Gasteiger partial charge in [0.25, 0.3) is 0 Å². The number of benzene rings is 1. The number of hydrogen-bond donors (Lipinski definition) is 1. The molecule has 1 aromatic rings. The Morgan fingerprint density at radius 3 is 2.13 bits per heavy atom. The molecule has 84 valence electrons. The monoisotopic (exact) mass is 215 g/mol. The van der Waals surface area contributed by atoms with Crippen molar-refractivity contribution in [3.05, 3.63) is 17.4 Å². The number of rotatable bonds is 4. The molecule has 5 heteroatoms. The van der Waals surface area contributed by atoms with E-state index in [0.717, 1.165) is 0 Å². The maximum Gasteiger partial charge on any atom is 0.173 e. The molecule has 1 rings (SSSR count). The SMILES string of the molecule is COc1cc(OC)c(OC)c(CN)c1F. The first-order valence-corrected chi connectivity index (χ1v) is 4.37. The zero-order valence-electron chi connectivity index (χ0n) is 8.96. The number of hydrogen-bond acceptors (Lipinski definition) is 4. The molecule has 0 radical (unpaired) electrons. The van der Waals surface area contributed by atoms with Crippen LogP contribution in [-0.2, 0) is 6.54 Å². The summed E-state index contributed by atoms with van der Waals surface area (Å²) in [5.41, 5.74) is 5.69. The maximum atomic E-state index is 13.7.